The highest BCUT2D eigenvalue weighted by molar-refractivity contribution is 5.76. The lowest BCUT2D eigenvalue weighted by atomic mass is 10.1. The van der Waals surface area contributed by atoms with Crippen molar-refractivity contribution in [2.24, 2.45) is 4.99 Å². The highest BCUT2D eigenvalue weighted by atomic mass is 79.9. The molecule has 0 aromatic rings. The maximum absolute atomic E-state index is 9.37. The molecule has 0 aliphatic carbocycles. The fourth-order valence-corrected chi connectivity index (χ4v) is 4.25. The zero-order valence-electron chi connectivity index (χ0n) is 18.8. The molecule has 3 nitrogen and oxygen atoms in total. The second kappa shape index (κ2) is 18.8. The van der Waals surface area contributed by atoms with Crippen molar-refractivity contribution in [3.63, 3.8) is 0 Å². The Morgan fingerprint density at radius 1 is 0.857 bits per heavy atom. The van der Waals surface area contributed by atoms with E-state index < -0.39 is 0 Å². The number of amidine groups is 1. The van der Waals surface area contributed by atoms with Crippen LogP contribution in [0, 0.1) is 0 Å². The molecule has 1 unspecified atom stereocenters. The predicted molar refractivity (Wildman–Crippen MR) is 119 cm³/mol. The standard InChI is InChI=1S/C24H47N2O.BrH/c1-3-5-6-7-8-9-10-11-12-13-14-15-16-17-18-19-24-25-20-21-26(24,4-2)22-23-27;/h11-12,27H,3-10,13-23H2,1-2H3;1H/q+1;/p-1. The lowest BCUT2D eigenvalue weighted by Gasteiger charge is -2.33. The van der Waals surface area contributed by atoms with Crippen molar-refractivity contribution < 1.29 is 26.6 Å². The topological polar surface area (TPSA) is 32.6 Å². The third kappa shape index (κ3) is 11.7. The van der Waals surface area contributed by atoms with Crippen LogP contribution in [0.3, 0.4) is 0 Å². The van der Waals surface area contributed by atoms with Crippen LogP contribution in [0.1, 0.15) is 104 Å². The first-order valence-electron chi connectivity index (χ1n) is 11.9. The van der Waals surface area contributed by atoms with Crippen molar-refractivity contribution in [3.8, 4) is 0 Å². The number of aliphatic hydroxyl groups is 1. The first kappa shape index (κ1) is 27.8. The van der Waals surface area contributed by atoms with Crippen LogP contribution in [-0.4, -0.2) is 48.2 Å². The molecule has 0 saturated carbocycles. The molecule has 0 amide bonds. The fourth-order valence-electron chi connectivity index (χ4n) is 4.25. The Labute approximate surface area is 186 Å². The van der Waals surface area contributed by atoms with E-state index in [9.17, 15) is 5.11 Å². The SMILES string of the molecule is CCCCCCCCC=CCCCCCCCC1=NCC[N+]1(CC)CCO.[Br-]. The molecule has 1 aliphatic rings. The number of allylic oxidation sites excluding steroid dienone is 2. The minimum absolute atomic E-state index is 0. The second-order valence-electron chi connectivity index (χ2n) is 8.26. The molecule has 0 spiro atoms. The van der Waals surface area contributed by atoms with Gasteiger partial charge in [-0.05, 0) is 39.0 Å². The first-order valence-corrected chi connectivity index (χ1v) is 11.9. The lowest BCUT2D eigenvalue weighted by molar-refractivity contribution is -0.835. The molecule has 1 heterocycles. The molecule has 166 valence electrons. The van der Waals surface area contributed by atoms with Crippen LogP contribution in [0.4, 0.5) is 0 Å². The number of aliphatic hydroxyl groups excluding tert-OH is 1. The van der Waals surface area contributed by atoms with Crippen LogP contribution in [0.2, 0.25) is 0 Å². The van der Waals surface area contributed by atoms with E-state index in [2.05, 4.69) is 26.0 Å². The van der Waals surface area contributed by atoms with Crippen LogP contribution in [0.5, 0.6) is 0 Å². The summed E-state index contributed by atoms with van der Waals surface area (Å²) in [5, 5.41) is 9.37. The molecule has 0 fully saturated rings. The Hall–Kier alpha value is -0.190. The predicted octanol–water partition coefficient (Wildman–Crippen LogP) is 3.27. The Balaban J connectivity index is 0.00000729. The number of halogens is 1. The molecule has 0 saturated heterocycles. The zero-order chi connectivity index (χ0) is 19.6. The van der Waals surface area contributed by atoms with Crippen LogP contribution in [0.25, 0.3) is 0 Å². The summed E-state index contributed by atoms with van der Waals surface area (Å²) in [5.74, 6) is 1.35. The van der Waals surface area contributed by atoms with Gasteiger partial charge in [0.1, 0.15) is 13.1 Å². The molecular weight excluding hydrogens is 412 g/mol. The van der Waals surface area contributed by atoms with Gasteiger partial charge in [-0.2, -0.15) is 0 Å². The number of unbranched alkanes of at least 4 members (excludes halogenated alkanes) is 11. The van der Waals surface area contributed by atoms with E-state index in [0.29, 0.717) is 0 Å². The minimum Gasteiger partial charge on any atom is -1.00 e. The summed E-state index contributed by atoms with van der Waals surface area (Å²) in [7, 11) is 0. The highest BCUT2D eigenvalue weighted by Crippen LogP contribution is 2.19. The fraction of sp³-hybridized carbons (Fsp3) is 0.875. The summed E-state index contributed by atoms with van der Waals surface area (Å²) < 4.78 is 0.944. The summed E-state index contributed by atoms with van der Waals surface area (Å²) in [5.41, 5.74) is 0. The number of hydrogen-bond acceptors (Lipinski definition) is 2. The molecule has 0 radical (unpaired) electrons. The van der Waals surface area contributed by atoms with E-state index in [1.165, 1.54) is 89.3 Å². The third-order valence-corrected chi connectivity index (χ3v) is 6.17. The molecule has 1 atom stereocenters. The van der Waals surface area contributed by atoms with E-state index >= 15 is 0 Å². The molecular formula is C24H47BrN2O. The van der Waals surface area contributed by atoms with Gasteiger partial charge in [0.05, 0.1) is 19.7 Å². The maximum atomic E-state index is 9.37. The van der Waals surface area contributed by atoms with Crippen molar-refractivity contribution in [1.29, 1.82) is 0 Å². The summed E-state index contributed by atoms with van der Waals surface area (Å²) in [6.07, 6.45) is 23.5. The summed E-state index contributed by atoms with van der Waals surface area (Å²) >= 11 is 0. The summed E-state index contributed by atoms with van der Waals surface area (Å²) in [6.45, 7) is 8.76. The van der Waals surface area contributed by atoms with Gasteiger partial charge in [0, 0.05) is 6.42 Å². The van der Waals surface area contributed by atoms with Gasteiger partial charge in [-0.3, -0.25) is 4.48 Å². The average molecular weight is 460 g/mol. The molecule has 28 heavy (non-hydrogen) atoms. The van der Waals surface area contributed by atoms with Gasteiger partial charge in [-0.15, -0.1) is 0 Å². The van der Waals surface area contributed by atoms with Crippen molar-refractivity contribution in [1.82, 2.24) is 0 Å². The smallest absolute Gasteiger partial charge is 0.198 e. The Morgan fingerprint density at radius 2 is 1.43 bits per heavy atom. The average Bonchev–Trinajstić information content (AvgIpc) is 3.08. The highest BCUT2D eigenvalue weighted by Gasteiger charge is 2.35. The lowest BCUT2D eigenvalue weighted by Crippen LogP contribution is -3.00. The first-order chi connectivity index (χ1) is 13.3. The van der Waals surface area contributed by atoms with Crippen LogP contribution in [-0.2, 0) is 0 Å². The van der Waals surface area contributed by atoms with Crippen molar-refractivity contribution in [2.75, 3.05) is 32.8 Å². The number of quaternary nitrogens is 1. The minimum atomic E-state index is 0. The van der Waals surface area contributed by atoms with Gasteiger partial charge in [0.2, 0.25) is 0 Å². The Morgan fingerprint density at radius 3 is 2.00 bits per heavy atom. The maximum Gasteiger partial charge on any atom is 0.198 e. The van der Waals surface area contributed by atoms with Gasteiger partial charge >= 0.3 is 0 Å². The monoisotopic (exact) mass is 458 g/mol. The number of rotatable bonds is 18. The third-order valence-electron chi connectivity index (χ3n) is 6.17. The molecule has 0 aromatic carbocycles. The Bertz CT molecular complexity index is 411. The molecule has 1 aliphatic heterocycles. The Kier molecular flexibility index (Phi) is 18.7. The van der Waals surface area contributed by atoms with E-state index in [0.717, 1.165) is 37.1 Å². The quantitative estimate of drug-likeness (QED) is 0.191. The van der Waals surface area contributed by atoms with Crippen molar-refractivity contribution in [2.45, 2.75) is 104 Å². The molecule has 1 rings (SSSR count). The van der Waals surface area contributed by atoms with Crippen molar-refractivity contribution in [3.05, 3.63) is 12.2 Å². The van der Waals surface area contributed by atoms with Gasteiger partial charge in [0.25, 0.3) is 0 Å². The zero-order valence-corrected chi connectivity index (χ0v) is 20.4. The van der Waals surface area contributed by atoms with Gasteiger partial charge in [-0.1, -0.05) is 70.4 Å². The second-order valence-corrected chi connectivity index (χ2v) is 8.26. The molecule has 0 aromatic heterocycles. The van der Waals surface area contributed by atoms with Gasteiger partial charge in [-0.25, -0.2) is 4.99 Å². The van der Waals surface area contributed by atoms with Crippen LogP contribution in [0.15, 0.2) is 17.1 Å². The normalized spacial score (nSPS) is 19.2. The largest absolute Gasteiger partial charge is 1.00 e. The molecule has 4 heteroatoms. The van der Waals surface area contributed by atoms with Gasteiger partial charge in [0.15, 0.2) is 5.84 Å². The van der Waals surface area contributed by atoms with Gasteiger partial charge < -0.3 is 22.1 Å². The summed E-state index contributed by atoms with van der Waals surface area (Å²) in [6, 6.07) is 0. The number of aliphatic imine (C=N–C) groups is 1. The van der Waals surface area contributed by atoms with E-state index in [4.69, 9.17) is 4.99 Å². The summed E-state index contributed by atoms with van der Waals surface area (Å²) in [4.78, 5) is 4.75. The van der Waals surface area contributed by atoms with E-state index in [1.807, 2.05) is 0 Å². The van der Waals surface area contributed by atoms with Crippen molar-refractivity contribution >= 4 is 5.84 Å². The number of hydrogen-bond donors (Lipinski definition) is 1. The van der Waals surface area contributed by atoms with E-state index in [1.54, 1.807) is 0 Å². The number of likely N-dealkylation sites (N-methyl/N-ethyl adjacent to an activating group) is 1. The molecule has 0 bridgehead atoms. The molecule has 1 N–H and O–H groups in total. The number of nitrogens with zero attached hydrogens (tertiary/aromatic N) is 2. The van der Waals surface area contributed by atoms with Crippen LogP contribution >= 0.6 is 0 Å². The van der Waals surface area contributed by atoms with Crippen LogP contribution < -0.4 is 17.0 Å². The van der Waals surface area contributed by atoms with E-state index in [-0.39, 0.29) is 23.6 Å².